The van der Waals surface area contributed by atoms with E-state index in [1.165, 1.54) is 12.8 Å². The number of aromatic amines is 1. The minimum absolute atomic E-state index is 0.0125. The molecule has 3 rings (SSSR count). The molecule has 1 amide bonds. The smallest absolute Gasteiger partial charge is 0.274 e. The van der Waals surface area contributed by atoms with Gasteiger partial charge < -0.3 is 9.64 Å². The van der Waals surface area contributed by atoms with Gasteiger partial charge in [-0.25, -0.2) is 0 Å². The second kappa shape index (κ2) is 4.63. The molecule has 5 heteroatoms. The minimum Gasteiger partial charge on any atom is -0.369 e. The molecular weight excluding hydrogens is 242 g/mol. The molecule has 1 aliphatic heterocycles. The fraction of sp³-hybridized carbons (Fsp3) is 0.714. The number of hydrogen-bond acceptors (Lipinski definition) is 3. The zero-order valence-corrected chi connectivity index (χ0v) is 11.8. The van der Waals surface area contributed by atoms with Crippen LogP contribution in [0.5, 0.6) is 0 Å². The van der Waals surface area contributed by atoms with Crippen LogP contribution in [0.1, 0.15) is 54.5 Å². The molecule has 0 unspecified atom stereocenters. The van der Waals surface area contributed by atoms with Crippen LogP contribution in [0.2, 0.25) is 0 Å². The van der Waals surface area contributed by atoms with Crippen molar-refractivity contribution in [2.75, 3.05) is 13.6 Å². The largest absolute Gasteiger partial charge is 0.369 e. The van der Waals surface area contributed by atoms with E-state index in [1.54, 1.807) is 4.90 Å². The predicted octanol–water partition coefficient (Wildman–Crippen LogP) is 1.91. The van der Waals surface area contributed by atoms with Crippen molar-refractivity contribution in [3.8, 4) is 0 Å². The minimum atomic E-state index is -0.0125. The third-order valence-electron chi connectivity index (χ3n) is 4.01. The molecule has 1 N–H and O–H groups in total. The molecule has 5 nitrogen and oxygen atoms in total. The van der Waals surface area contributed by atoms with E-state index >= 15 is 0 Å². The zero-order chi connectivity index (χ0) is 13.6. The quantitative estimate of drug-likeness (QED) is 0.906. The number of nitrogens with zero attached hydrogens (tertiary/aromatic N) is 2. The summed E-state index contributed by atoms with van der Waals surface area (Å²) in [7, 11) is 1.87. The van der Waals surface area contributed by atoms with Gasteiger partial charge in [0.05, 0.1) is 17.9 Å². The number of carbonyl (C=O) groups excluding carboxylic acids is 1. The standard InChI is InChI=1S/C14H21N3O2/c1-8-6-11-12(9(2)19-8)15-16-13(11)14(18)17(3)7-10-4-5-10/h8-10H,4-7H2,1-3H3,(H,15,16)/t8-,9+/m1/s1. The summed E-state index contributed by atoms with van der Waals surface area (Å²) in [6, 6.07) is 0. The van der Waals surface area contributed by atoms with Crippen molar-refractivity contribution in [2.24, 2.45) is 5.92 Å². The Morgan fingerprint density at radius 1 is 1.47 bits per heavy atom. The number of H-pyrrole nitrogens is 1. The van der Waals surface area contributed by atoms with Gasteiger partial charge in [-0.05, 0) is 32.6 Å². The Morgan fingerprint density at radius 3 is 2.89 bits per heavy atom. The lowest BCUT2D eigenvalue weighted by molar-refractivity contribution is -0.00701. The van der Waals surface area contributed by atoms with Gasteiger partial charge >= 0.3 is 0 Å². The van der Waals surface area contributed by atoms with Crippen molar-refractivity contribution < 1.29 is 9.53 Å². The molecule has 1 aromatic heterocycles. The van der Waals surface area contributed by atoms with Crippen LogP contribution in [0.3, 0.4) is 0 Å². The van der Waals surface area contributed by atoms with Crippen LogP contribution in [-0.4, -0.2) is 40.7 Å². The van der Waals surface area contributed by atoms with E-state index in [1.807, 2.05) is 20.9 Å². The molecule has 104 valence electrons. The maximum absolute atomic E-state index is 12.5. The lowest BCUT2D eigenvalue weighted by atomic mass is 9.99. The van der Waals surface area contributed by atoms with Crippen LogP contribution < -0.4 is 0 Å². The number of hydrogen-bond donors (Lipinski definition) is 1. The molecule has 0 bridgehead atoms. The lowest BCUT2D eigenvalue weighted by Crippen LogP contribution is -2.31. The van der Waals surface area contributed by atoms with Gasteiger partial charge in [0.15, 0.2) is 5.69 Å². The molecule has 1 aromatic rings. The third-order valence-corrected chi connectivity index (χ3v) is 4.01. The van der Waals surface area contributed by atoms with E-state index in [0.29, 0.717) is 11.6 Å². The van der Waals surface area contributed by atoms with Crippen molar-refractivity contribution in [2.45, 2.75) is 45.3 Å². The maximum Gasteiger partial charge on any atom is 0.274 e. The van der Waals surface area contributed by atoms with E-state index in [4.69, 9.17) is 4.74 Å². The maximum atomic E-state index is 12.5. The summed E-state index contributed by atoms with van der Waals surface area (Å²) in [5.74, 6) is 0.732. The molecular formula is C14H21N3O2. The average molecular weight is 263 g/mol. The van der Waals surface area contributed by atoms with Gasteiger partial charge in [0.2, 0.25) is 0 Å². The lowest BCUT2D eigenvalue weighted by Gasteiger charge is -2.25. The Bertz CT molecular complexity index is 493. The third kappa shape index (κ3) is 2.39. The van der Waals surface area contributed by atoms with Gasteiger partial charge in [0, 0.05) is 25.6 Å². The molecule has 0 aromatic carbocycles. The summed E-state index contributed by atoms with van der Waals surface area (Å²) in [6.07, 6.45) is 3.38. The van der Waals surface area contributed by atoms with Crippen molar-refractivity contribution in [1.29, 1.82) is 0 Å². The summed E-state index contributed by atoms with van der Waals surface area (Å²) >= 11 is 0. The van der Waals surface area contributed by atoms with Crippen molar-refractivity contribution >= 4 is 5.91 Å². The Kier molecular flexibility index (Phi) is 3.09. The first-order valence-corrected chi connectivity index (χ1v) is 7.04. The van der Waals surface area contributed by atoms with E-state index in [9.17, 15) is 4.79 Å². The normalized spacial score (nSPS) is 26.1. The number of nitrogens with one attached hydrogen (secondary N) is 1. The van der Waals surface area contributed by atoms with Crippen LogP contribution in [-0.2, 0) is 11.2 Å². The van der Waals surface area contributed by atoms with Crippen molar-refractivity contribution in [3.05, 3.63) is 17.0 Å². The number of aromatic nitrogens is 2. The van der Waals surface area contributed by atoms with Crippen LogP contribution in [0.15, 0.2) is 0 Å². The first-order chi connectivity index (χ1) is 9.06. The molecule has 2 aliphatic rings. The molecule has 19 heavy (non-hydrogen) atoms. The van der Waals surface area contributed by atoms with E-state index < -0.39 is 0 Å². The van der Waals surface area contributed by atoms with Gasteiger partial charge in [-0.15, -0.1) is 0 Å². The molecule has 0 saturated heterocycles. The number of ether oxygens (including phenoxy) is 1. The van der Waals surface area contributed by atoms with E-state index in [0.717, 1.165) is 24.2 Å². The van der Waals surface area contributed by atoms with Crippen LogP contribution >= 0.6 is 0 Å². The fourth-order valence-electron chi connectivity index (χ4n) is 2.80. The first-order valence-electron chi connectivity index (χ1n) is 7.04. The highest BCUT2D eigenvalue weighted by Gasteiger charge is 2.32. The summed E-state index contributed by atoms with van der Waals surface area (Å²) in [5, 5.41) is 7.21. The summed E-state index contributed by atoms with van der Waals surface area (Å²) in [5.41, 5.74) is 2.58. The van der Waals surface area contributed by atoms with Crippen molar-refractivity contribution in [3.63, 3.8) is 0 Å². The molecule has 2 heterocycles. The van der Waals surface area contributed by atoms with Gasteiger partial charge in [-0.2, -0.15) is 5.10 Å². The average Bonchev–Trinajstić information content (AvgIpc) is 3.05. The highest BCUT2D eigenvalue weighted by molar-refractivity contribution is 5.94. The SMILES string of the molecule is C[C@@H]1Cc2c(C(=O)N(C)CC3CC3)n[nH]c2[C@H](C)O1. The zero-order valence-electron chi connectivity index (χ0n) is 11.8. The Hall–Kier alpha value is -1.36. The number of fused-ring (bicyclic) bond motifs is 1. The Morgan fingerprint density at radius 2 is 2.21 bits per heavy atom. The summed E-state index contributed by atoms with van der Waals surface area (Å²) in [6.45, 7) is 4.88. The second-order valence-corrected chi connectivity index (χ2v) is 5.89. The van der Waals surface area contributed by atoms with Gasteiger partial charge in [0.1, 0.15) is 0 Å². The molecule has 1 saturated carbocycles. The van der Waals surface area contributed by atoms with Crippen molar-refractivity contribution in [1.82, 2.24) is 15.1 Å². The monoisotopic (exact) mass is 263 g/mol. The van der Waals surface area contributed by atoms with Crippen LogP contribution in [0, 0.1) is 5.92 Å². The summed E-state index contributed by atoms with van der Waals surface area (Å²) in [4.78, 5) is 14.3. The van der Waals surface area contributed by atoms with E-state index in [2.05, 4.69) is 10.2 Å². The van der Waals surface area contributed by atoms with Gasteiger partial charge in [0.25, 0.3) is 5.91 Å². The number of rotatable bonds is 3. The second-order valence-electron chi connectivity index (χ2n) is 5.89. The molecule has 2 atom stereocenters. The fourth-order valence-corrected chi connectivity index (χ4v) is 2.80. The first kappa shape index (κ1) is 12.7. The molecule has 1 fully saturated rings. The van der Waals surface area contributed by atoms with Crippen LogP contribution in [0.25, 0.3) is 0 Å². The van der Waals surface area contributed by atoms with E-state index in [-0.39, 0.29) is 18.1 Å². The number of carbonyl (C=O) groups is 1. The number of amides is 1. The molecule has 1 aliphatic carbocycles. The highest BCUT2D eigenvalue weighted by atomic mass is 16.5. The highest BCUT2D eigenvalue weighted by Crippen LogP contribution is 2.32. The summed E-state index contributed by atoms with van der Waals surface area (Å²) < 4.78 is 5.74. The van der Waals surface area contributed by atoms with Crippen LogP contribution in [0.4, 0.5) is 0 Å². The molecule has 0 spiro atoms. The Labute approximate surface area is 113 Å². The van der Waals surface area contributed by atoms with Gasteiger partial charge in [-0.1, -0.05) is 0 Å². The van der Waals surface area contributed by atoms with Gasteiger partial charge in [-0.3, -0.25) is 9.89 Å². The molecule has 0 radical (unpaired) electrons. The predicted molar refractivity (Wildman–Crippen MR) is 70.9 cm³/mol. The topological polar surface area (TPSA) is 58.2 Å². The Balaban J connectivity index is 1.82.